The van der Waals surface area contributed by atoms with Crippen molar-refractivity contribution >= 4 is 63.3 Å². The smallest absolute Gasteiger partial charge is 0.300 e. The highest BCUT2D eigenvalue weighted by Gasteiger charge is 2.33. The highest BCUT2D eigenvalue weighted by Crippen LogP contribution is 2.34. The van der Waals surface area contributed by atoms with E-state index in [0.717, 1.165) is 34.9 Å². The molecule has 182 valence electrons. The Balaban J connectivity index is 1.68. The van der Waals surface area contributed by atoms with Gasteiger partial charge in [0, 0.05) is 6.07 Å². The fraction of sp³-hybridized carbons (Fsp3) is 0.150. The molecule has 0 saturated carbocycles. The zero-order chi connectivity index (χ0) is 25.7. The van der Waals surface area contributed by atoms with E-state index in [1.807, 2.05) is 0 Å². The zero-order valence-corrected chi connectivity index (χ0v) is 19.8. The molecule has 3 rings (SSSR count). The second-order valence-corrected chi connectivity index (χ2v) is 8.45. The molecule has 2 amide bonds. The number of anilines is 1. The number of nitro groups is 2. The molecule has 0 atom stereocenters. The van der Waals surface area contributed by atoms with Crippen LogP contribution in [0, 0.1) is 20.2 Å². The highest BCUT2D eigenvalue weighted by atomic mass is 32.2. The quantitative estimate of drug-likeness (QED) is 0.216. The minimum atomic E-state index is -0.831. The lowest BCUT2D eigenvalue weighted by Crippen LogP contribution is -2.41. The van der Waals surface area contributed by atoms with Crippen molar-refractivity contribution < 1.29 is 28.9 Å². The van der Waals surface area contributed by atoms with Crippen LogP contribution in [0.3, 0.4) is 0 Å². The number of amides is 2. The van der Waals surface area contributed by atoms with Gasteiger partial charge in [-0.05, 0) is 29.8 Å². The molecule has 0 unspecified atom stereocenters. The number of ether oxygens (including phenoxy) is 2. The first-order valence-electron chi connectivity index (χ1n) is 9.59. The van der Waals surface area contributed by atoms with Crippen molar-refractivity contribution in [3.05, 3.63) is 67.1 Å². The molecular formula is C20H17N5O8S2. The first-order valence-corrected chi connectivity index (χ1v) is 10.8. The van der Waals surface area contributed by atoms with Gasteiger partial charge in [-0.1, -0.05) is 30.0 Å². The molecule has 2 aromatic carbocycles. The molecule has 13 nitrogen and oxygen atoms in total. The van der Waals surface area contributed by atoms with Crippen molar-refractivity contribution in [2.45, 2.75) is 0 Å². The number of hydrazine groups is 1. The molecule has 1 aliphatic rings. The molecule has 1 heterocycles. The summed E-state index contributed by atoms with van der Waals surface area (Å²) in [7, 11) is 2.99. The number of hydrogen-bond donors (Lipinski definition) is 2. The average molecular weight is 520 g/mol. The molecule has 15 heteroatoms. The second-order valence-electron chi connectivity index (χ2n) is 6.77. The van der Waals surface area contributed by atoms with E-state index in [1.165, 1.54) is 14.2 Å². The number of carbonyl (C=O) groups is 2. The zero-order valence-electron chi connectivity index (χ0n) is 18.2. The largest absolute Gasteiger partial charge is 0.493 e. The number of benzene rings is 2. The van der Waals surface area contributed by atoms with E-state index in [0.29, 0.717) is 17.1 Å². The van der Waals surface area contributed by atoms with Crippen molar-refractivity contribution in [2.75, 3.05) is 26.2 Å². The number of nitrogens with one attached hydrogen (secondary N) is 2. The van der Waals surface area contributed by atoms with Gasteiger partial charge >= 0.3 is 5.69 Å². The van der Waals surface area contributed by atoms with E-state index in [9.17, 15) is 29.8 Å². The summed E-state index contributed by atoms with van der Waals surface area (Å²) < 4.78 is 10.6. The Hall–Kier alpha value is -4.24. The van der Waals surface area contributed by atoms with Crippen molar-refractivity contribution in [1.29, 1.82) is 0 Å². The predicted octanol–water partition coefficient (Wildman–Crippen LogP) is 2.86. The van der Waals surface area contributed by atoms with Gasteiger partial charge in [-0.25, -0.2) is 0 Å². The topological polar surface area (TPSA) is 166 Å². The summed E-state index contributed by atoms with van der Waals surface area (Å²) in [6.07, 6.45) is 1.59. The molecule has 35 heavy (non-hydrogen) atoms. The van der Waals surface area contributed by atoms with E-state index < -0.39 is 39.6 Å². The summed E-state index contributed by atoms with van der Waals surface area (Å²) in [4.78, 5) is 47.0. The number of non-ortho nitro benzene ring substituents is 1. The molecule has 1 saturated heterocycles. The summed E-state index contributed by atoms with van der Waals surface area (Å²) in [6.45, 7) is -0.457. The highest BCUT2D eigenvalue weighted by molar-refractivity contribution is 8.26. The van der Waals surface area contributed by atoms with Crippen LogP contribution in [-0.2, 0) is 9.59 Å². The normalized spacial score (nSPS) is 14.1. The number of thiocarbonyl (C=S) groups is 1. The van der Waals surface area contributed by atoms with Crippen molar-refractivity contribution in [3.8, 4) is 11.5 Å². The second kappa shape index (κ2) is 10.8. The van der Waals surface area contributed by atoms with Gasteiger partial charge in [0.2, 0.25) is 0 Å². The summed E-state index contributed by atoms with van der Waals surface area (Å²) in [5.41, 5.74) is 3.97. The van der Waals surface area contributed by atoms with E-state index >= 15 is 0 Å². The van der Waals surface area contributed by atoms with Gasteiger partial charge in [0.25, 0.3) is 17.5 Å². The maximum Gasteiger partial charge on any atom is 0.300 e. The van der Waals surface area contributed by atoms with Crippen LogP contribution in [0.25, 0.3) is 6.08 Å². The van der Waals surface area contributed by atoms with E-state index in [-0.39, 0.29) is 14.9 Å². The average Bonchev–Trinajstić information content (AvgIpc) is 3.09. The predicted molar refractivity (Wildman–Crippen MR) is 131 cm³/mol. The first kappa shape index (κ1) is 25.4. The monoisotopic (exact) mass is 519 g/mol. The van der Waals surface area contributed by atoms with E-state index in [1.54, 1.807) is 24.3 Å². The van der Waals surface area contributed by atoms with Gasteiger partial charge in [0.05, 0.1) is 35.0 Å². The standard InChI is InChI=1S/C20H17N5O8S2/c1-32-15-6-3-11(7-16(15)33-2)8-17-19(27)23(20(34)35-17)10-18(26)22-21-13-5-4-12(24(28)29)9-14(13)25(30)31/h3-9,21H,10H2,1-2H3,(H,22,26). The van der Waals surface area contributed by atoms with E-state index in [2.05, 4.69) is 10.9 Å². The lowest BCUT2D eigenvalue weighted by atomic mass is 10.2. The molecule has 0 aliphatic carbocycles. The number of hydrogen-bond acceptors (Lipinski definition) is 11. The number of nitro benzene ring substituents is 2. The van der Waals surface area contributed by atoms with Gasteiger partial charge in [0.1, 0.15) is 16.6 Å². The van der Waals surface area contributed by atoms with Gasteiger partial charge in [0.15, 0.2) is 11.5 Å². The van der Waals surface area contributed by atoms with Crippen molar-refractivity contribution in [1.82, 2.24) is 10.3 Å². The fourth-order valence-electron chi connectivity index (χ4n) is 2.94. The van der Waals surface area contributed by atoms with Crippen LogP contribution in [0.15, 0.2) is 41.3 Å². The van der Waals surface area contributed by atoms with Gasteiger partial charge < -0.3 is 9.47 Å². The van der Waals surface area contributed by atoms with E-state index in [4.69, 9.17) is 21.7 Å². The van der Waals surface area contributed by atoms with Crippen LogP contribution in [0.5, 0.6) is 11.5 Å². The Morgan fingerprint density at radius 2 is 1.83 bits per heavy atom. The number of methoxy groups -OCH3 is 2. The van der Waals surface area contributed by atoms with Crippen LogP contribution in [0.1, 0.15) is 5.56 Å². The van der Waals surface area contributed by atoms with Gasteiger partial charge in [-0.15, -0.1) is 0 Å². The van der Waals surface area contributed by atoms with Gasteiger partial charge in [-0.3, -0.25) is 45.6 Å². The number of carbonyl (C=O) groups excluding carboxylic acids is 2. The summed E-state index contributed by atoms with van der Waals surface area (Å²) >= 11 is 6.23. The molecule has 0 bridgehead atoms. The molecule has 0 spiro atoms. The van der Waals surface area contributed by atoms with Gasteiger partial charge in [-0.2, -0.15) is 0 Å². The van der Waals surface area contributed by atoms with Crippen LogP contribution in [0.2, 0.25) is 0 Å². The first-order chi connectivity index (χ1) is 16.6. The molecule has 1 aliphatic heterocycles. The molecule has 0 aromatic heterocycles. The third-order valence-electron chi connectivity index (χ3n) is 4.61. The summed E-state index contributed by atoms with van der Waals surface area (Å²) in [5, 5.41) is 22.0. The Bertz CT molecular complexity index is 1270. The van der Waals surface area contributed by atoms with Crippen LogP contribution >= 0.6 is 24.0 Å². The summed E-state index contributed by atoms with van der Waals surface area (Å²) in [6, 6.07) is 7.97. The molecular weight excluding hydrogens is 502 g/mol. The maximum atomic E-state index is 12.8. The Kier molecular flexibility index (Phi) is 7.83. The molecule has 2 aromatic rings. The summed E-state index contributed by atoms with van der Waals surface area (Å²) in [5.74, 6) is -0.218. The van der Waals surface area contributed by atoms with Crippen molar-refractivity contribution in [3.63, 3.8) is 0 Å². The Morgan fingerprint density at radius 1 is 1.11 bits per heavy atom. The number of nitrogens with zero attached hydrogens (tertiary/aromatic N) is 3. The fourth-order valence-corrected chi connectivity index (χ4v) is 4.20. The number of thioether (sulfide) groups is 1. The van der Waals surface area contributed by atoms with Crippen LogP contribution < -0.4 is 20.3 Å². The van der Waals surface area contributed by atoms with Crippen molar-refractivity contribution in [2.24, 2.45) is 0 Å². The third-order valence-corrected chi connectivity index (χ3v) is 5.98. The minimum Gasteiger partial charge on any atom is -0.493 e. The molecule has 1 fully saturated rings. The minimum absolute atomic E-state index is 0.151. The van der Waals surface area contributed by atoms with Crippen LogP contribution in [0.4, 0.5) is 17.1 Å². The molecule has 2 N–H and O–H groups in total. The third kappa shape index (κ3) is 5.82. The molecule has 0 radical (unpaired) electrons. The lowest BCUT2D eigenvalue weighted by molar-refractivity contribution is -0.393. The van der Waals surface area contributed by atoms with Crippen LogP contribution in [-0.4, -0.2) is 51.6 Å². The number of rotatable bonds is 9. The maximum absolute atomic E-state index is 12.8. The SMILES string of the molecule is COc1ccc(C=C2SC(=S)N(CC(=O)NNc3ccc([N+](=O)[O-])cc3[N+](=O)[O-])C2=O)cc1OC. The lowest BCUT2D eigenvalue weighted by Gasteiger charge is -2.15. The Labute approximate surface area is 207 Å². The Morgan fingerprint density at radius 3 is 2.46 bits per heavy atom.